The van der Waals surface area contributed by atoms with Crippen LogP contribution < -0.4 is 10.1 Å². The maximum atomic E-state index is 5.85. The Bertz CT molecular complexity index is 406. The minimum Gasteiger partial charge on any atom is -0.493 e. The molecule has 1 N–H and O–H groups in total. The highest BCUT2D eigenvalue weighted by Crippen LogP contribution is 2.25. The highest BCUT2D eigenvalue weighted by atomic mass is 35.5. The molecular formula is C16H24ClNO. The van der Waals surface area contributed by atoms with Gasteiger partial charge in [0.1, 0.15) is 5.75 Å². The molecule has 0 saturated heterocycles. The van der Waals surface area contributed by atoms with Crippen molar-refractivity contribution < 1.29 is 4.74 Å². The molecule has 3 heteroatoms. The van der Waals surface area contributed by atoms with Gasteiger partial charge in [-0.15, -0.1) is 11.6 Å². The highest BCUT2D eigenvalue weighted by Gasteiger charge is 2.13. The lowest BCUT2D eigenvalue weighted by Gasteiger charge is -2.21. The van der Waals surface area contributed by atoms with E-state index in [1.54, 1.807) is 0 Å². The van der Waals surface area contributed by atoms with E-state index in [1.165, 1.54) is 11.1 Å². The molecule has 1 aliphatic heterocycles. The Balaban J connectivity index is 1.82. The number of hydrogen-bond donors (Lipinski definition) is 1. The van der Waals surface area contributed by atoms with Crippen LogP contribution >= 0.6 is 11.6 Å². The van der Waals surface area contributed by atoms with Crippen LogP contribution in [0.2, 0.25) is 0 Å². The van der Waals surface area contributed by atoms with Crippen molar-refractivity contribution in [2.75, 3.05) is 19.0 Å². The number of ether oxygens (including phenoxy) is 1. The Kier molecular flexibility index (Phi) is 5.53. The summed E-state index contributed by atoms with van der Waals surface area (Å²) in [5.41, 5.74) is 2.75. The third-order valence-corrected chi connectivity index (χ3v) is 4.02. The van der Waals surface area contributed by atoms with Crippen LogP contribution in [-0.4, -0.2) is 25.1 Å². The van der Waals surface area contributed by atoms with E-state index in [0.717, 1.165) is 44.0 Å². The van der Waals surface area contributed by atoms with Crippen LogP contribution in [0.25, 0.3) is 0 Å². The molecule has 1 aromatic rings. The average Bonchev–Trinajstić information content (AvgIpc) is 2.85. The van der Waals surface area contributed by atoms with Crippen molar-refractivity contribution in [1.82, 2.24) is 5.32 Å². The molecule has 0 spiro atoms. The third kappa shape index (κ3) is 4.12. The van der Waals surface area contributed by atoms with Crippen molar-refractivity contribution >= 4 is 11.6 Å². The van der Waals surface area contributed by atoms with E-state index in [4.69, 9.17) is 16.3 Å². The zero-order valence-electron chi connectivity index (χ0n) is 11.9. The van der Waals surface area contributed by atoms with Crippen LogP contribution in [0.1, 0.15) is 31.4 Å². The number of benzene rings is 1. The monoisotopic (exact) mass is 281 g/mol. The molecule has 1 unspecified atom stereocenters. The van der Waals surface area contributed by atoms with E-state index >= 15 is 0 Å². The molecule has 0 amide bonds. The lowest BCUT2D eigenvalue weighted by Crippen LogP contribution is -2.35. The molecule has 106 valence electrons. The zero-order chi connectivity index (χ0) is 13.7. The Morgan fingerprint density at radius 2 is 2.21 bits per heavy atom. The van der Waals surface area contributed by atoms with Gasteiger partial charge in [-0.05, 0) is 42.5 Å². The molecule has 0 aromatic heterocycles. The first-order chi connectivity index (χ1) is 9.20. The normalized spacial score (nSPS) is 15.4. The third-order valence-electron chi connectivity index (χ3n) is 3.80. The van der Waals surface area contributed by atoms with Gasteiger partial charge < -0.3 is 10.1 Å². The molecule has 2 rings (SSSR count). The maximum Gasteiger partial charge on any atom is 0.122 e. The molecular weight excluding hydrogens is 258 g/mol. The number of halogens is 1. The molecule has 0 radical (unpaired) electrons. The van der Waals surface area contributed by atoms with Crippen LogP contribution in [0.4, 0.5) is 0 Å². The molecule has 1 aliphatic rings. The summed E-state index contributed by atoms with van der Waals surface area (Å²) in [5, 5.41) is 3.62. The summed E-state index contributed by atoms with van der Waals surface area (Å²) in [5.74, 6) is 2.43. The molecule has 0 bridgehead atoms. The second-order valence-electron chi connectivity index (χ2n) is 5.57. The predicted molar refractivity (Wildman–Crippen MR) is 81.3 cm³/mol. The minimum absolute atomic E-state index is 0.523. The summed E-state index contributed by atoms with van der Waals surface area (Å²) in [6.07, 6.45) is 3.16. The van der Waals surface area contributed by atoms with Crippen molar-refractivity contribution in [2.45, 2.75) is 39.2 Å². The first-order valence-corrected chi connectivity index (χ1v) is 7.78. The van der Waals surface area contributed by atoms with E-state index in [1.807, 2.05) is 0 Å². The van der Waals surface area contributed by atoms with Gasteiger partial charge in [-0.3, -0.25) is 0 Å². The standard InChI is InChI=1S/C16H24ClNO/c1-12(2)15(5-8-17)18-9-6-13-3-4-16-14(11-13)7-10-19-16/h3-4,11-12,15,18H,5-10H2,1-2H3. The van der Waals surface area contributed by atoms with Gasteiger partial charge in [0.05, 0.1) is 6.61 Å². The molecule has 0 fully saturated rings. The fourth-order valence-electron chi connectivity index (χ4n) is 2.59. The first-order valence-electron chi connectivity index (χ1n) is 7.24. The van der Waals surface area contributed by atoms with E-state index in [-0.39, 0.29) is 0 Å². The molecule has 0 saturated carbocycles. The topological polar surface area (TPSA) is 21.3 Å². The highest BCUT2D eigenvalue weighted by molar-refractivity contribution is 6.17. The van der Waals surface area contributed by atoms with Crippen LogP contribution in [0.5, 0.6) is 5.75 Å². The number of hydrogen-bond acceptors (Lipinski definition) is 2. The lowest BCUT2D eigenvalue weighted by atomic mass is 10.0. The minimum atomic E-state index is 0.523. The molecule has 1 heterocycles. The summed E-state index contributed by atoms with van der Waals surface area (Å²) in [7, 11) is 0. The van der Waals surface area contributed by atoms with Crippen molar-refractivity contribution in [3.63, 3.8) is 0 Å². The second-order valence-corrected chi connectivity index (χ2v) is 5.95. The summed E-state index contributed by atoms with van der Waals surface area (Å²) in [6, 6.07) is 7.10. The van der Waals surface area contributed by atoms with Crippen molar-refractivity contribution in [3.8, 4) is 5.75 Å². The number of rotatable bonds is 7. The van der Waals surface area contributed by atoms with Gasteiger partial charge in [-0.1, -0.05) is 26.0 Å². The smallest absolute Gasteiger partial charge is 0.122 e. The van der Waals surface area contributed by atoms with Gasteiger partial charge in [-0.25, -0.2) is 0 Å². The Morgan fingerprint density at radius 3 is 2.95 bits per heavy atom. The largest absolute Gasteiger partial charge is 0.493 e. The van der Waals surface area contributed by atoms with E-state index in [2.05, 4.69) is 37.4 Å². The van der Waals surface area contributed by atoms with Crippen molar-refractivity contribution in [1.29, 1.82) is 0 Å². The van der Waals surface area contributed by atoms with Gasteiger partial charge in [0.25, 0.3) is 0 Å². The SMILES string of the molecule is CC(C)C(CCCl)NCCc1ccc2c(c1)CCO2. The van der Waals surface area contributed by atoms with Crippen LogP contribution in [0.15, 0.2) is 18.2 Å². The fourth-order valence-corrected chi connectivity index (χ4v) is 2.82. The van der Waals surface area contributed by atoms with Crippen LogP contribution in [0.3, 0.4) is 0 Å². The summed E-state index contributed by atoms with van der Waals surface area (Å²) >= 11 is 5.85. The molecule has 1 atom stereocenters. The fraction of sp³-hybridized carbons (Fsp3) is 0.625. The Hall–Kier alpha value is -0.730. The predicted octanol–water partition coefficient (Wildman–Crippen LogP) is 3.41. The lowest BCUT2D eigenvalue weighted by molar-refractivity contribution is 0.357. The second kappa shape index (κ2) is 7.16. The zero-order valence-corrected chi connectivity index (χ0v) is 12.7. The van der Waals surface area contributed by atoms with Gasteiger partial charge in [-0.2, -0.15) is 0 Å². The van der Waals surface area contributed by atoms with Crippen LogP contribution in [-0.2, 0) is 12.8 Å². The molecule has 0 aliphatic carbocycles. The Labute approximate surface area is 121 Å². The summed E-state index contributed by atoms with van der Waals surface area (Å²) in [4.78, 5) is 0. The Morgan fingerprint density at radius 1 is 1.37 bits per heavy atom. The van der Waals surface area contributed by atoms with E-state index < -0.39 is 0 Å². The number of fused-ring (bicyclic) bond motifs is 1. The van der Waals surface area contributed by atoms with E-state index in [9.17, 15) is 0 Å². The van der Waals surface area contributed by atoms with Gasteiger partial charge in [0.2, 0.25) is 0 Å². The van der Waals surface area contributed by atoms with Crippen LogP contribution in [0, 0.1) is 5.92 Å². The number of nitrogens with one attached hydrogen (secondary N) is 1. The maximum absolute atomic E-state index is 5.85. The van der Waals surface area contributed by atoms with Crippen molar-refractivity contribution in [2.24, 2.45) is 5.92 Å². The van der Waals surface area contributed by atoms with Gasteiger partial charge >= 0.3 is 0 Å². The first kappa shape index (κ1) is 14.7. The average molecular weight is 282 g/mol. The molecule has 19 heavy (non-hydrogen) atoms. The molecule has 2 nitrogen and oxygen atoms in total. The van der Waals surface area contributed by atoms with Crippen molar-refractivity contribution in [3.05, 3.63) is 29.3 Å². The van der Waals surface area contributed by atoms with Gasteiger partial charge in [0, 0.05) is 18.3 Å². The van der Waals surface area contributed by atoms with Gasteiger partial charge in [0.15, 0.2) is 0 Å². The summed E-state index contributed by atoms with van der Waals surface area (Å²) in [6.45, 7) is 6.34. The quantitative estimate of drug-likeness (QED) is 0.774. The summed E-state index contributed by atoms with van der Waals surface area (Å²) < 4.78 is 5.53. The van der Waals surface area contributed by atoms with E-state index in [0.29, 0.717) is 12.0 Å². The number of alkyl halides is 1. The molecule has 1 aromatic carbocycles.